The quantitative estimate of drug-likeness (QED) is 0.541. The van der Waals surface area contributed by atoms with E-state index in [1.165, 1.54) is 25.3 Å². The van der Waals surface area contributed by atoms with Gasteiger partial charge in [-0.15, -0.1) is 0 Å². The number of rotatable bonds is 8. The molecule has 1 aromatic rings. The van der Waals surface area contributed by atoms with Gasteiger partial charge in [0.25, 0.3) is 5.91 Å². The highest BCUT2D eigenvalue weighted by Crippen LogP contribution is 2.30. The second kappa shape index (κ2) is 9.04. The highest BCUT2D eigenvalue weighted by atomic mass is 16.6. The summed E-state index contributed by atoms with van der Waals surface area (Å²) in [5.41, 5.74) is -0.153. The Kier molecular flexibility index (Phi) is 6.76. The maximum absolute atomic E-state index is 11.8. The Morgan fingerprint density at radius 1 is 1.42 bits per heavy atom. The Balaban J connectivity index is 1.73. The minimum absolute atomic E-state index is 0.0882. The average molecular weight is 339 g/mol. The number of amides is 1. The third kappa shape index (κ3) is 5.36. The van der Waals surface area contributed by atoms with E-state index in [1.54, 1.807) is 0 Å². The maximum atomic E-state index is 11.8. The van der Waals surface area contributed by atoms with Gasteiger partial charge in [-0.2, -0.15) is 0 Å². The molecule has 1 aromatic carbocycles. The lowest BCUT2D eigenvalue weighted by Crippen LogP contribution is -2.42. The van der Waals surface area contributed by atoms with Crippen LogP contribution in [-0.2, 0) is 9.53 Å². The Labute approximate surface area is 139 Å². The summed E-state index contributed by atoms with van der Waals surface area (Å²) in [6.07, 6.45) is 0. The van der Waals surface area contributed by atoms with Crippen LogP contribution in [-0.4, -0.2) is 68.8 Å². The Morgan fingerprint density at radius 3 is 2.83 bits per heavy atom. The van der Waals surface area contributed by atoms with E-state index in [0.717, 1.165) is 32.8 Å². The highest BCUT2D eigenvalue weighted by molar-refractivity contribution is 5.77. The van der Waals surface area contributed by atoms with Gasteiger partial charge in [-0.05, 0) is 6.07 Å². The molecule has 0 atom stereocenters. The SMILES string of the molecule is COc1cc(OCC(=O)NCCN2CCOCC2)ccc1[N+](=O)[O-]. The van der Waals surface area contributed by atoms with Gasteiger partial charge in [0.05, 0.1) is 25.2 Å². The molecule has 1 aliphatic rings. The molecule has 1 saturated heterocycles. The monoisotopic (exact) mass is 339 g/mol. The summed E-state index contributed by atoms with van der Waals surface area (Å²) in [4.78, 5) is 24.3. The van der Waals surface area contributed by atoms with E-state index in [1.807, 2.05) is 0 Å². The fourth-order valence-electron chi connectivity index (χ4n) is 2.28. The van der Waals surface area contributed by atoms with Gasteiger partial charge in [0.15, 0.2) is 6.61 Å². The Bertz CT molecular complexity index is 574. The predicted octanol–water partition coefficient (Wildman–Crippen LogP) is 0.431. The van der Waals surface area contributed by atoms with E-state index in [2.05, 4.69) is 10.2 Å². The molecule has 2 rings (SSSR count). The molecule has 0 aromatic heterocycles. The minimum atomic E-state index is -0.541. The lowest BCUT2D eigenvalue weighted by atomic mass is 10.3. The second-order valence-corrected chi connectivity index (χ2v) is 5.18. The molecule has 132 valence electrons. The number of ether oxygens (including phenoxy) is 3. The molecule has 1 amide bonds. The van der Waals surface area contributed by atoms with Crippen molar-refractivity contribution in [3.63, 3.8) is 0 Å². The summed E-state index contributed by atoms with van der Waals surface area (Å²) >= 11 is 0. The molecule has 9 heteroatoms. The first-order chi connectivity index (χ1) is 11.6. The molecule has 0 saturated carbocycles. The van der Waals surface area contributed by atoms with E-state index < -0.39 is 4.92 Å². The van der Waals surface area contributed by atoms with Gasteiger partial charge in [-0.1, -0.05) is 0 Å². The van der Waals surface area contributed by atoms with Crippen LogP contribution in [0.15, 0.2) is 18.2 Å². The third-order valence-electron chi connectivity index (χ3n) is 3.57. The van der Waals surface area contributed by atoms with E-state index in [4.69, 9.17) is 14.2 Å². The lowest BCUT2D eigenvalue weighted by Gasteiger charge is -2.26. The van der Waals surface area contributed by atoms with Gasteiger partial charge in [-0.3, -0.25) is 19.8 Å². The van der Waals surface area contributed by atoms with Crippen LogP contribution in [0.25, 0.3) is 0 Å². The maximum Gasteiger partial charge on any atom is 0.311 e. The number of hydrogen-bond donors (Lipinski definition) is 1. The normalized spacial score (nSPS) is 14.9. The van der Waals surface area contributed by atoms with Crippen LogP contribution in [0.5, 0.6) is 11.5 Å². The van der Waals surface area contributed by atoms with Gasteiger partial charge < -0.3 is 19.5 Å². The molecule has 9 nitrogen and oxygen atoms in total. The first-order valence-corrected chi connectivity index (χ1v) is 7.62. The number of morpholine rings is 1. The van der Waals surface area contributed by atoms with Crippen LogP contribution in [0.3, 0.4) is 0 Å². The number of benzene rings is 1. The first-order valence-electron chi connectivity index (χ1n) is 7.62. The van der Waals surface area contributed by atoms with Crippen molar-refractivity contribution in [3.8, 4) is 11.5 Å². The van der Waals surface area contributed by atoms with Crippen molar-refractivity contribution in [1.82, 2.24) is 10.2 Å². The van der Waals surface area contributed by atoms with Crippen LogP contribution in [0.1, 0.15) is 0 Å². The van der Waals surface area contributed by atoms with E-state index >= 15 is 0 Å². The van der Waals surface area contributed by atoms with Crippen LogP contribution in [0.2, 0.25) is 0 Å². The smallest absolute Gasteiger partial charge is 0.311 e. The topological polar surface area (TPSA) is 103 Å². The number of methoxy groups -OCH3 is 1. The summed E-state index contributed by atoms with van der Waals surface area (Å²) in [7, 11) is 1.34. The zero-order chi connectivity index (χ0) is 17.4. The van der Waals surface area contributed by atoms with Gasteiger partial charge in [-0.25, -0.2) is 0 Å². The molecule has 1 heterocycles. The number of nitrogens with one attached hydrogen (secondary N) is 1. The van der Waals surface area contributed by atoms with Crippen LogP contribution in [0, 0.1) is 10.1 Å². The number of hydrogen-bond acceptors (Lipinski definition) is 7. The third-order valence-corrected chi connectivity index (χ3v) is 3.57. The van der Waals surface area contributed by atoms with Crippen molar-refractivity contribution in [2.75, 3.05) is 53.1 Å². The zero-order valence-corrected chi connectivity index (χ0v) is 13.5. The summed E-state index contributed by atoms with van der Waals surface area (Å²) in [5, 5.41) is 13.6. The number of carbonyl (C=O) groups excluding carboxylic acids is 1. The molecular formula is C15H21N3O6. The van der Waals surface area contributed by atoms with Crippen molar-refractivity contribution in [2.45, 2.75) is 0 Å². The first kappa shape index (κ1) is 18.0. The van der Waals surface area contributed by atoms with Crippen molar-refractivity contribution in [1.29, 1.82) is 0 Å². The lowest BCUT2D eigenvalue weighted by molar-refractivity contribution is -0.385. The zero-order valence-electron chi connectivity index (χ0n) is 13.5. The molecule has 1 fully saturated rings. The van der Waals surface area contributed by atoms with Gasteiger partial charge in [0.1, 0.15) is 5.75 Å². The molecule has 0 aliphatic carbocycles. The van der Waals surface area contributed by atoms with Gasteiger partial charge >= 0.3 is 5.69 Å². The van der Waals surface area contributed by atoms with Crippen molar-refractivity contribution < 1.29 is 23.9 Å². The Morgan fingerprint density at radius 2 is 2.17 bits per heavy atom. The van der Waals surface area contributed by atoms with Gasteiger partial charge in [0, 0.05) is 38.3 Å². The molecule has 0 radical (unpaired) electrons. The fourth-order valence-corrected chi connectivity index (χ4v) is 2.28. The van der Waals surface area contributed by atoms with Gasteiger partial charge in [0.2, 0.25) is 5.75 Å². The Hall–Kier alpha value is -2.39. The molecule has 0 spiro atoms. The number of carbonyl (C=O) groups is 1. The fraction of sp³-hybridized carbons (Fsp3) is 0.533. The molecular weight excluding hydrogens is 318 g/mol. The van der Waals surface area contributed by atoms with E-state index in [9.17, 15) is 14.9 Å². The molecule has 1 aliphatic heterocycles. The molecule has 0 bridgehead atoms. The van der Waals surface area contributed by atoms with Crippen molar-refractivity contribution in [2.24, 2.45) is 0 Å². The van der Waals surface area contributed by atoms with E-state index in [0.29, 0.717) is 12.3 Å². The summed E-state index contributed by atoms with van der Waals surface area (Å²) in [6, 6.07) is 4.10. The molecule has 24 heavy (non-hydrogen) atoms. The summed E-state index contributed by atoms with van der Waals surface area (Å²) < 4.78 is 15.5. The number of nitro groups is 1. The summed E-state index contributed by atoms with van der Waals surface area (Å²) in [6.45, 7) is 4.32. The highest BCUT2D eigenvalue weighted by Gasteiger charge is 2.16. The number of nitrogens with zero attached hydrogens (tertiary/aromatic N) is 2. The predicted molar refractivity (Wildman–Crippen MR) is 85.4 cm³/mol. The van der Waals surface area contributed by atoms with Crippen LogP contribution in [0.4, 0.5) is 5.69 Å². The van der Waals surface area contributed by atoms with E-state index in [-0.39, 0.29) is 24.0 Å². The minimum Gasteiger partial charge on any atom is -0.490 e. The average Bonchev–Trinajstić information content (AvgIpc) is 2.60. The second-order valence-electron chi connectivity index (χ2n) is 5.18. The number of nitro benzene ring substituents is 1. The largest absolute Gasteiger partial charge is 0.490 e. The molecule has 0 unspecified atom stereocenters. The van der Waals surface area contributed by atoms with Crippen LogP contribution < -0.4 is 14.8 Å². The standard InChI is InChI=1S/C15H21N3O6/c1-22-14-10-12(2-3-13(14)18(20)21)24-11-15(19)16-4-5-17-6-8-23-9-7-17/h2-3,10H,4-9,11H2,1H3,(H,16,19). The van der Waals surface area contributed by atoms with Crippen molar-refractivity contribution in [3.05, 3.63) is 28.3 Å². The van der Waals surface area contributed by atoms with Crippen LogP contribution >= 0.6 is 0 Å². The molecule has 1 N–H and O–H groups in total. The van der Waals surface area contributed by atoms with Crippen molar-refractivity contribution >= 4 is 11.6 Å². The summed E-state index contributed by atoms with van der Waals surface area (Å²) in [5.74, 6) is 0.173.